The summed E-state index contributed by atoms with van der Waals surface area (Å²) in [7, 11) is -3.04. The Morgan fingerprint density at radius 3 is 2.70 bits per heavy atom. The molecule has 0 heterocycles. The van der Waals surface area contributed by atoms with E-state index in [0.717, 1.165) is 25.8 Å². The number of fused-ring (bicyclic) bond motifs is 1. The molecule has 130 valence electrons. The average molecular weight is 340 g/mol. The minimum atomic E-state index is -3.04. The van der Waals surface area contributed by atoms with Crippen LogP contribution in [0.25, 0.3) is 0 Å². The van der Waals surface area contributed by atoms with Crippen LogP contribution in [0.3, 0.4) is 0 Å². The molecule has 1 aliphatic rings. The van der Waals surface area contributed by atoms with Crippen LogP contribution in [-0.4, -0.2) is 49.1 Å². The Bertz CT molecular complexity index is 598. The summed E-state index contributed by atoms with van der Waals surface area (Å²) in [6, 6.07) is 8.75. The van der Waals surface area contributed by atoms with Crippen LogP contribution in [0.2, 0.25) is 0 Å². The van der Waals surface area contributed by atoms with E-state index in [1.54, 1.807) is 13.8 Å². The zero-order chi connectivity index (χ0) is 16.9. The standard InChI is InChI=1S/C18H29NO3S/c1-15(2)23(21,22)14-12-19(11-6-13-20)18-10-5-8-16-7-3-4-9-17(16)18/h3-4,7,9,15,18,20H,5-6,8,10-14H2,1-2H3. The fraction of sp³-hybridized carbons (Fsp3) is 0.667. The molecule has 0 radical (unpaired) electrons. The van der Waals surface area contributed by atoms with Crippen LogP contribution >= 0.6 is 0 Å². The Labute approximate surface area is 140 Å². The zero-order valence-corrected chi connectivity index (χ0v) is 15.1. The lowest BCUT2D eigenvalue weighted by Gasteiger charge is -2.36. The van der Waals surface area contributed by atoms with E-state index in [2.05, 4.69) is 29.2 Å². The van der Waals surface area contributed by atoms with Crippen molar-refractivity contribution in [1.29, 1.82) is 0 Å². The summed E-state index contributed by atoms with van der Waals surface area (Å²) >= 11 is 0. The summed E-state index contributed by atoms with van der Waals surface area (Å²) in [6.45, 7) is 4.90. The topological polar surface area (TPSA) is 57.6 Å². The molecule has 1 aromatic carbocycles. The van der Waals surface area contributed by atoms with Crippen molar-refractivity contribution >= 4 is 9.84 Å². The molecule has 2 rings (SSSR count). The molecule has 1 aromatic rings. The van der Waals surface area contributed by atoms with Gasteiger partial charge in [0.1, 0.15) is 0 Å². The van der Waals surface area contributed by atoms with E-state index in [9.17, 15) is 13.5 Å². The van der Waals surface area contributed by atoms with E-state index >= 15 is 0 Å². The SMILES string of the molecule is CC(C)S(=O)(=O)CCN(CCCO)C1CCCc2ccccc21. The Morgan fingerprint density at radius 1 is 1.26 bits per heavy atom. The van der Waals surface area contributed by atoms with Gasteiger partial charge in [0.15, 0.2) is 9.84 Å². The average Bonchev–Trinajstić information content (AvgIpc) is 2.54. The lowest BCUT2D eigenvalue weighted by molar-refractivity contribution is 0.168. The van der Waals surface area contributed by atoms with Crippen LogP contribution in [0, 0.1) is 0 Å². The number of hydrogen-bond donors (Lipinski definition) is 1. The highest BCUT2D eigenvalue weighted by molar-refractivity contribution is 7.92. The Balaban J connectivity index is 2.16. The molecule has 1 atom stereocenters. The van der Waals surface area contributed by atoms with Gasteiger partial charge in [-0.2, -0.15) is 0 Å². The summed E-state index contributed by atoms with van der Waals surface area (Å²) in [5.74, 6) is 0.189. The number of aliphatic hydroxyl groups excluding tert-OH is 1. The molecule has 1 N–H and O–H groups in total. The van der Waals surface area contributed by atoms with Gasteiger partial charge in [-0.3, -0.25) is 4.90 Å². The molecule has 4 nitrogen and oxygen atoms in total. The van der Waals surface area contributed by atoms with Gasteiger partial charge in [-0.15, -0.1) is 0 Å². The van der Waals surface area contributed by atoms with Crippen LogP contribution in [0.4, 0.5) is 0 Å². The fourth-order valence-electron chi connectivity index (χ4n) is 3.29. The quantitative estimate of drug-likeness (QED) is 0.791. The number of hydrogen-bond acceptors (Lipinski definition) is 4. The van der Waals surface area contributed by atoms with Crippen LogP contribution in [-0.2, 0) is 16.3 Å². The zero-order valence-electron chi connectivity index (χ0n) is 14.2. The third-order valence-electron chi connectivity index (χ3n) is 4.76. The van der Waals surface area contributed by atoms with Gasteiger partial charge in [0.2, 0.25) is 0 Å². The number of benzene rings is 1. The molecule has 23 heavy (non-hydrogen) atoms. The Morgan fingerprint density at radius 2 is 2.00 bits per heavy atom. The molecule has 0 aromatic heterocycles. The van der Waals surface area contributed by atoms with E-state index in [1.165, 1.54) is 11.1 Å². The van der Waals surface area contributed by atoms with Crippen LogP contribution < -0.4 is 0 Å². The Kier molecular flexibility index (Phi) is 6.62. The second-order valence-corrected chi connectivity index (χ2v) is 9.31. The summed E-state index contributed by atoms with van der Waals surface area (Å²) in [4.78, 5) is 2.26. The molecule has 0 fully saturated rings. The first-order chi connectivity index (χ1) is 11.0. The predicted molar refractivity (Wildman–Crippen MR) is 94.3 cm³/mol. The van der Waals surface area contributed by atoms with Crippen molar-refractivity contribution in [2.75, 3.05) is 25.4 Å². The van der Waals surface area contributed by atoms with Gasteiger partial charge in [0, 0.05) is 25.7 Å². The minimum Gasteiger partial charge on any atom is -0.396 e. The summed E-state index contributed by atoms with van der Waals surface area (Å²) < 4.78 is 24.3. The van der Waals surface area contributed by atoms with Crippen molar-refractivity contribution in [2.45, 2.75) is 50.8 Å². The van der Waals surface area contributed by atoms with E-state index in [-0.39, 0.29) is 23.7 Å². The van der Waals surface area contributed by atoms with Crippen LogP contribution in [0.1, 0.15) is 50.3 Å². The molecule has 1 unspecified atom stereocenters. The molecule has 5 heteroatoms. The normalized spacial score (nSPS) is 18.4. The van der Waals surface area contributed by atoms with E-state index < -0.39 is 9.84 Å². The lowest BCUT2D eigenvalue weighted by Crippen LogP contribution is -2.37. The van der Waals surface area contributed by atoms with Gasteiger partial charge in [0.05, 0.1) is 11.0 Å². The van der Waals surface area contributed by atoms with Gasteiger partial charge in [0.25, 0.3) is 0 Å². The first-order valence-electron chi connectivity index (χ1n) is 8.60. The van der Waals surface area contributed by atoms with Crippen molar-refractivity contribution in [3.8, 4) is 0 Å². The molecule has 0 aliphatic heterocycles. The van der Waals surface area contributed by atoms with E-state index in [1.807, 2.05) is 0 Å². The maximum atomic E-state index is 12.2. The lowest BCUT2D eigenvalue weighted by atomic mass is 9.86. The minimum absolute atomic E-state index is 0.141. The van der Waals surface area contributed by atoms with Gasteiger partial charge in [-0.05, 0) is 50.7 Å². The predicted octanol–water partition coefficient (Wildman–Crippen LogP) is 2.57. The summed E-state index contributed by atoms with van der Waals surface area (Å²) in [5.41, 5.74) is 2.71. The maximum absolute atomic E-state index is 12.2. The molecule has 0 saturated carbocycles. The highest BCUT2D eigenvalue weighted by atomic mass is 32.2. The van der Waals surface area contributed by atoms with Crippen LogP contribution in [0.5, 0.6) is 0 Å². The van der Waals surface area contributed by atoms with Crippen LogP contribution in [0.15, 0.2) is 24.3 Å². The molecule has 0 bridgehead atoms. The third-order valence-corrected chi connectivity index (χ3v) is 6.95. The number of nitrogens with zero attached hydrogens (tertiary/aromatic N) is 1. The third kappa shape index (κ3) is 4.78. The molecular formula is C18H29NO3S. The number of rotatable bonds is 8. The van der Waals surface area contributed by atoms with E-state index in [0.29, 0.717) is 13.0 Å². The molecular weight excluding hydrogens is 310 g/mol. The van der Waals surface area contributed by atoms with Crippen molar-refractivity contribution in [3.63, 3.8) is 0 Å². The molecule has 0 spiro atoms. The second-order valence-electron chi connectivity index (χ2n) is 6.64. The molecule has 0 amide bonds. The molecule has 1 aliphatic carbocycles. The highest BCUT2D eigenvalue weighted by Gasteiger charge is 2.27. The number of aliphatic hydroxyl groups is 1. The van der Waals surface area contributed by atoms with Gasteiger partial charge in [-0.1, -0.05) is 24.3 Å². The monoisotopic (exact) mass is 339 g/mol. The first kappa shape index (κ1) is 18.4. The van der Waals surface area contributed by atoms with Crippen molar-refractivity contribution in [1.82, 2.24) is 4.90 Å². The van der Waals surface area contributed by atoms with Crippen molar-refractivity contribution in [3.05, 3.63) is 35.4 Å². The van der Waals surface area contributed by atoms with E-state index in [4.69, 9.17) is 0 Å². The summed E-state index contributed by atoms with van der Waals surface area (Å²) in [5, 5.41) is 8.85. The van der Waals surface area contributed by atoms with Gasteiger partial charge >= 0.3 is 0 Å². The molecule has 0 saturated heterocycles. The van der Waals surface area contributed by atoms with Crippen molar-refractivity contribution < 1.29 is 13.5 Å². The second kappa shape index (κ2) is 8.27. The largest absolute Gasteiger partial charge is 0.396 e. The maximum Gasteiger partial charge on any atom is 0.153 e. The highest BCUT2D eigenvalue weighted by Crippen LogP contribution is 2.34. The number of aryl methyl sites for hydroxylation is 1. The Hall–Kier alpha value is -0.910. The fourth-order valence-corrected chi connectivity index (χ4v) is 4.25. The summed E-state index contributed by atoms with van der Waals surface area (Å²) in [6.07, 6.45) is 3.98. The first-order valence-corrected chi connectivity index (χ1v) is 10.3. The van der Waals surface area contributed by atoms with Crippen molar-refractivity contribution in [2.24, 2.45) is 0 Å². The smallest absolute Gasteiger partial charge is 0.153 e. The van der Waals surface area contributed by atoms with Gasteiger partial charge in [-0.25, -0.2) is 8.42 Å². The number of sulfone groups is 1. The van der Waals surface area contributed by atoms with Gasteiger partial charge < -0.3 is 5.11 Å².